The van der Waals surface area contributed by atoms with Gasteiger partial charge in [-0.2, -0.15) is 0 Å². The van der Waals surface area contributed by atoms with Crippen molar-refractivity contribution < 1.29 is 4.79 Å². The molecular weight excluding hydrogens is 212 g/mol. The lowest BCUT2D eigenvalue weighted by molar-refractivity contribution is -0.119. The largest absolute Gasteiger partial charge is 0.338 e. The second-order valence-electron chi connectivity index (χ2n) is 5.81. The first kappa shape index (κ1) is 11.0. The molecule has 1 aromatic heterocycles. The Morgan fingerprint density at radius 1 is 1.47 bits per heavy atom. The Kier molecular flexibility index (Phi) is 2.77. The Morgan fingerprint density at radius 3 is 2.94 bits per heavy atom. The molecule has 0 N–H and O–H groups in total. The van der Waals surface area contributed by atoms with E-state index in [-0.39, 0.29) is 0 Å². The molecule has 0 amide bonds. The fraction of sp³-hybridized carbons (Fsp3) is 0.714. The fourth-order valence-corrected chi connectivity index (χ4v) is 3.73. The molecule has 3 nitrogen and oxygen atoms in total. The number of Topliss-reactive ketones (excluding diaryl/α,β-unsaturated/α-hetero) is 1. The van der Waals surface area contributed by atoms with E-state index >= 15 is 0 Å². The Bertz CT molecular complexity index is 424. The standard InChI is InChI=1S/C14H20N2O/c1-16-5-4-15-14(16)9-13(17)8-12-7-10-2-3-11(12)6-10/h4-5,10-12H,2-3,6-9H2,1H3. The lowest BCUT2D eigenvalue weighted by atomic mass is 9.85. The monoisotopic (exact) mass is 232 g/mol. The maximum atomic E-state index is 12.0. The molecule has 2 bridgehead atoms. The highest BCUT2D eigenvalue weighted by molar-refractivity contribution is 5.80. The Balaban J connectivity index is 1.56. The van der Waals surface area contributed by atoms with E-state index in [1.165, 1.54) is 25.7 Å². The van der Waals surface area contributed by atoms with Gasteiger partial charge in [0.25, 0.3) is 0 Å². The van der Waals surface area contributed by atoms with Crippen LogP contribution in [0.25, 0.3) is 0 Å². The number of carbonyl (C=O) groups excluding carboxylic acids is 1. The van der Waals surface area contributed by atoms with Crippen LogP contribution in [0.2, 0.25) is 0 Å². The minimum absolute atomic E-state index is 0.372. The summed E-state index contributed by atoms with van der Waals surface area (Å²) in [5, 5.41) is 0. The van der Waals surface area contributed by atoms with E-state index in [0.717, 1.165) is 24.1 Å². The zero-order chi connectivity index (χ0) is 11.8. The maximum absolute atomic E-state index is 12.0. The zero-order valence-corrected chi connectivity index (χ0v) is 10.4. The van der Waals surface area contributed by atoms with Crippen LogP contribution < -0.4 is 0 Å². The summed E-state index contributed by atoms with van der Waals surface area (Å²) in [4.78, 5) is 16.3. The molecule has 2 aliphatic rings. The second kappa shape index (κ2) is 4.28. The predicted octanol–water partition coefficient (Wildman–Crippen LogP) is 2.36. The highest BCUT2D eigenvalue weighted by Gasteiger charge is 2.39. The molecule has 0 spiro atoms. The normalized spacial score (nSPS) is 31.0. The van der Waals surface area contributed by atoms with Crippen molar-refractivity contribution in [2.75, 3.05) is 0 Å². The first-order chi connectivity index (χ1) is 8.22. The first-order valence-electron chi connectivity index (χ1n) is 6.70. The van der Waals surface area contributed by atoms with Crippen LogP contribution in [0.15, 0.2) is 12.4 Å². The van der Waals surface area contributed by atoms with Crippen molar-refractivity contribution in [2.24, 2.45) is 24.8 Å². The molecule has 3 atom stereocenters. The molecule has 3 unspecified atom stereocenters. The summed E-state index contributed by atoms with van der Waals surface area (Å²) in [6, 6.07) is 0. The van der Waals surface area contributed by atoms with Crippen LogP contribution in [0, 0.1) is 17.8 Å². The molecular formula is C14H20N2O. The van der Waals surface area contributed by atoms with Gasteiger partial charge >= 0.3 is 0 Å². The molecule has 2 fully saturated rings. The summed E-state index contributed by atoms with van der Waals surface area (Å²) in [5.41, 5.74) is 0. The zero-order valence-electron chi connectivity index (χ0n) is 10.4. The van der Waals surface area contributed by atoms with Crippen LogP contribution in [0.1, 0.15) is 37.9 Å². The van der Waals surface area contributed by atoms with E-state index in [0.29, 0.717) is 18.1 Å². The van der Waals surface area contributed by atoms with Crippen molar-refractivity contribution in [3.8, 4) is 0 Å². The number of rotatable bonds is 4. The van der Waals surface area contributed by atoms with Crippen molar-refractivity contribution >= 4 is 5.78 Å². The van der Waals surface area contributed by atoms with Gasteiger partial charge in [0, 0.05) is 25.9 Å². The Labute approximate surface area is 102 Å². The van der Waals surface area contributed by atoms with Crippen molar-refractivity contribution in [2.45, 2.75) is 38.5 Å². The van der Waals surface area contributed by atoms with Gasteiger partial charge < -0.3 is 4.57 Å². The number of ketones is 1. The van der Waals surface area contributed by atoms with Crippen molar-refractivity contribution in [3.05, 3.63) is 18.2 Å². The van der Waals surface area contributed by atoms with Gasteiger partial charge in [0.15, 0.2) is 0 Å². The van der Waals surface area contributed by atoms with E-state index in [1.807, 2.05) is 17.8 Å². The molecule has 92 valence electrons. The summed E-state index contributed by atoms with van der Waals surface area (Å²) >= 11 is 0. The van der Waals surface area contributed by atoms with Crippen molar-refractivity contribution in [1.29, 1.82) is 0 Å². The van der Waals surface area contributed by atoms with Crippen molar-refractivity contribution in [1.82, 2.24) is 9.55 Å². The van der Waals surface area contributed by atoms with Gasteiger partial charge in [0.05, 0.1) is 6.42 Å². The first-order valence-corrected chi connectivity index (χ1v) is 6.70. The van der Waals surface area contributed by atoms with Gasteiger partial charge in [-0.15, -0.1) is 0 Å². The summed E-state index contributed by atoms with van der Waals surface area (Å²) < 4.78 is 1.94. The second-order valence-corrected chi connectivity index (χ2v) is 5.81. The minimum Gasteiger partial charge on any atom is -0.338 e. The van der Waals surface area contributed by atoms with E-state index in [1.54, 1.807) is 6.20 Å². The SMILES string of the molecule is Cn1ccnc1CC(=O)CC1CC2CCC1C2. The molecule has 3 rings (SSSR count). The molecule has 1 heterocycles. The predicted molar refractivity (Wildman–Crippen MR) is 65.5 cm³/mol. The molecule has 3 heteroatoms. The van der Waals surface area contributed by atoms with Gasteiger partial charge in [-0.3, -0.25) is 4.79 Å². The number of aryl methyl sites for hydroxylation is 1. The molecule has 17 heavy (non-hydrogen) atoms. The third-order valence-electron chi connectivity index (χ3n) is 4.65. The summed E-state index contributed by atoms with van der Waals surface area (Å²) in [6.45, 7) is 0. The van der Waals surface area contributed by atoms with Gasteiger partial charge in [0.2, 0.25) is 0 Å². The fourth-order valence-electron chi connectivity index (χ4n) is 3.73. The van der Waals surface area contributed by atoms with E-state index in [2.05, 4.69) is 4.98 Å². The number of aromatic nitrogens is 2. The van der Waals surface area contributed by atoms with Crippen LogP contribution >= 0.6 is 0 Å². The van der Waals surface area contributed by atoms with Crippen molar-refractivity contribution in [3.63, 3.8) is 0 Å². The highest BCUT2D eigenvalue weighted by Crippen LogP contribution is 2.49. The maximum Gasteiger partial charge on any atom is 0.140 e. The number of hydrogen-bond donors (Lipinski definition) is 0. The van der Waals surface area contributed by atoms with Gasteiger partial charge in [0.1, 0.15) is 11.6 Å². The quantitative estimate of drug-likeness (QED) is 0.798. The lowest BCUT2D eigenvalue weighted by Gasteiger charge is -2.20. The summed E-state index contributed by atoms with van der Waals surface area (Å²) in [6.07, 6.45) is 10.4. The number of carbonyl (C=O) groups is 1. The number of fused-ring (bicyclic) bond motifs is 2. The number of imidazole rings is 1. The van der Waals surface area contributed by atoms with Crippen LogP contribution in [0.4, 0.5) is 0 Å². The highest BCUT2D eigenvalue weighted by atomic mass is 16.1. The molecule has 0 aliphatic heterocycles. The Hall–Kier alpha value is -1.12. The Morgan fingerprint density at radius 2 is 2.35 bits per heavy atom. The third-order valence-corrected chi connectivity index (χ3v) is 4.65. The molecule has 0 radical (unpaired) electrons. The van der Waals surface area contributed by atoms with Gasteiger partial charge in [-0.1, -0.05) is 6.42 Å². The lowest BCUT2D eigenvalue weighted by Crippen LogP contribution is -2.17. The van der Waals surface area contributed by atoms with Crippen LogP contribution in [-0.4, -0.2) is 15.3 Å². The molecule has 1 aromatic rings. The molecule has 2 saturated carbocycles. The third kappa shape index (κ3) is 2.15. The van der Waals surface area contributed by atoms with Crippen LogP contribution in [0.5, 0.6) is 0 Å². The van der Waals surface area contributed by atoms with Gasteiger partial charge in [-0.25, -0.2) is 4.98 Å². The topological polar surface area (TPSA) is 34.9 Å². The molecule has 0 aromatic carbocycles. The average Bonchev–Trinajstić information content (AvgIpc) is 2.96. The van der Waals surface area contributed by atoms with Crippen LogP contribution in [-0.2, 0) is 18.3 Å². The number of nitrogens with zero attached hydrogens (tertiary/aromatic N) is 2. The molecule has 2 aliphatic carbocycles. The van der Waals surface area contributed by atoms with E-state index in [4.69, 9.17) is 0 Å². The smallest absolute Gasteiger partial charge is 0.140 e. The summed E-state index contributed by atoms with van der Waals surface area (Å²) in [5.74, 6) is 3.74. The average molecular weight is 232 g/mol. The van der Waals surface area contributed by atoms with Gasteiger partial charge in [-0.05, 0) is 37.0 Å². The van der Waals surface area contributed by atoms with Crippen LogP contribution in [0.3, 0.4) is 0 Å². The van der Waals surface area contributed by atoms with E-state index in [9.17, 15) is 4.79 Å². The minimum atomic E-state index is 0.372. The molecule has 0 saturated heterocycles. The number of hydrogen-bond acceptors (Lipinski definition) is 2. The van der Waals surface area contributed by atoms with E-state index < -0.39 is 0 Å². The summed E-state index contributed by atoms with van der Waals surface area (Å²) in [7, 11) is 1.95.